The van der Waals surface area contributed by atoms with E-state index in [0.29, 0.717) is 39.9 Å². The SMILES string of the molecule is NC(=O)c1ccc(Oc2cc3nc(-c4nccs4)[nH]c3cc2Oc2cccnc2)cc1. The topological polar surface area (TPSA) is 116 Å². The number of pyridine rings is 1. The van der Waals surface area contributed by atoms with Gasteiger partial charge in [-0.3, -0.25) is 9.78 Å². The molecule has 0 atom stereocenters. The second-order valence-corrected chi connectivity index (χ2v) is 7.41. The van der Waals surface area contributed by atoms with E-state index in [1.54, 1.807) is 61.1 Å². The molecule has 0 fully saturated rings. The summed E-state index contributed by atoms with van der Waals surface area (Å²) in [6.07, 6.45) is 5.01. The molecule has 3 aromatic heterocycles. The first-order chi connectivity index (χ1) is 15.2. The number of aromatic nitrogens is 4. The van der Waals surface area contributed by atoms with Crippen LogP contribution in [0.5, 0.6) is 23.0 Å². The summed E-state index contributed by atoms with van der Waals surface area (Å²) >= 11 is 1.50. The van der Waals surface area contributed by atoms with E-state index in [1.807, 2.05) is 11.4 Å². The van der Waals surface area contributed by atoms with Crippen molar-refractivity contribution >= 4 is 28.3 Å². The van der Waals surface area contributed by atoms with Gasteiger partial charge in [0.05, 0.1) is 17.2 Å². The lowest BCUT2D eigenvalue weighted by Crippen LogP contribution is -2.10. The van der Waals surface area contributed by atoms with Crippen LogP contribution in [0.15, 0.2) is 72.5 Å². The Morgan fingerprint density at radius 3 is 2.52 bits per heavy atom. The first kappa shape index (κ1) is 18.8. The highest BCUT2D eigenvalue weighted by Gasteiger charge is 2.15. The summed E-state index contributed by atoms with van der Waals surface area (Å²) in [5, 5.41) is 2.68. The Hall–Kier alpha value is -4.24. The van der Waals surface area contributed by atoms with Crippen molar-refractivity contribution in [3.8, 4) is 33.8 Å². The zero-order valence-electron chi connectivity index (χ0n) is 16.0. The normalized spacial score (nSPS) is 10.8. The molecule has 152 valence electrons. The number of fused-ring (bicyclic) bond motifs is 1. The molecule has 0 aliphatic heterocycles. The van der Waals surface area contributed by atoms with Gasteiger partial charge in [0.15, 0.2) is 22.3 Å². The van der Waals surface area contributed by atoms with Gasteiger partial charge in [-0.05, 0) is 36.4 Å². The molecule has 0 saturated carbocycles. The standard InChI is InChI=1S/C22H15N5O3S/c23-20(28)13-3-5-14(6-4-13)29-18-10-16-17(27-21(26-16)22-25-8-9-31-22)11-19(18)30-15-2-1-7-24-12-15/h1-12H,(H2,23,28)(H,26,27). The van der Waals surface area contributed by atoms with Gasteiger partial charge >= 0.3 is 0 Å². The van der Waals surface area contributed by atoms with Gasteiger partial charge in [-0.2, -0.15) is 0 Å². The Kier molecular flexibility index (Phi) is 4.77. The Morgan fingerprint density at radius 1 is 1.00 bits per heavy atom. The van der Waals surface area contributed by atoms with Gasteiger partial charge in [0.25, 0.3) is 0 Å². The first-order valence-corrected chi connectivity index (χ1v) is 10.1. The Bertz CT molecular complexity index is 1350. The number of H-pyrrole nitrogens is 1. The van der Waals surface area contributed by atoms with Crippen LogP contribution in [-0.2, 0) is 0 Å². The molecule has 0 bridgehead atoms. The zero-order chi connectivity index (χ0) is 21.2. The quantitative estimate of drug-likeness (QED) is 0.402. The summed E-state index contributed by atoms with van der Waals surface area (Å²) < 4.78 is 12.1. The molecule has 0 aliphatic carbocycles. The summed E-state index contributed by atoms with van der Waals surface area (Å²) in [5.74, 6) is 2.20. The lowest BCUT2D eigenvalue weighted by atomic mass is 10.2. The number of nitrogens with two attached hydrogens (primary N) is 1. The predicted octanol–water partition coefficient (Wildman–Crippen LogP) is 4.76. The van der Waals surface area contributed by atoms with E-state index in [0.717, 1.165) is 10.5 Å². The second kappa shape index (κ2) is 7.88. The van der Waals surface area contributed by atoms with Crippen LogP contribution in [0, 0.1) is 0 Å². The molecule has 9 heteroatoms. The van der Waals surface area contributed by atoms with E-state index >= 15 is 0 Å². The summed E-state index contributed by atoms with van der Waals surface area (Å²) in [6.45, 7) is 0. The zero-order valence-corrected chi connectivity index (χ0v) is 16.8. The average molecular weight is 429 g/mol. The highest BCUT2D eigenvalue weighted by atomic mass is 32.1. The number of nitrogens with zero attached hydrogens (tertiary/aromatic N) is 3. The van der Waals surface area contributed by atoms with Gasteiger partial charge < -0.3 is 20.2 Å². The maximum atomic E-state index is 11.3. The average Bonchev–Trinajstić information content (AvgIpc) is 3.45. The molecule has 31 heavy (non-hydrogen) atoms. The van der Waals surface area contributed by atoms with Gasteiger partial charge in [-0.15, -0.1) is 11.3 Å². The number of primary amides is 1. The minimum Gasteiger partial charge on any atom is -0.453 e. The summed E-state index contributed by atoms with van der Waals surface area (Å²) in [6, 6.07) is 13.7. The third kappa shape index (κ3) is 3.94. The molecule has 3 N–H and O–H groups in total. The number of aromatic amines is 1. The number of rotatable bonds is 6. The van der Waals surface area contributed by atoms with Crippen molar-refractivity contribution in [3.63, 3.8) is 0 Å². The molecule has 0 radical (unpaired) electrons. The summed E-state index contributed by atoms with van der Waals surface area (Å²) in [5.41, 5.74) is 7.19. The molecular weight excluding hydrogens is 414 g/mol. The molecule has 0 unspecified atom stereocenters. The third-order valence-electron chi connectivity index (χ3n) is 4.41. The third-order valence-corrected chi connectivity index (χ3v) is 5.19. The van der Waals surface area contributed by atoms with Crippen molar-refractivity contribution in [2.24, 2.45) is 5.73 Å². The van der Waals surface area contributed by atoms with Crippen LogP contribution in [0.1, 0.15) is 10.4 Å². The van der Waals surface area contributed by atoms with E-state index in [1.165, 1.54) is 11.3 Å². The summed E-state index contributed by atoms with van der Waals surface area (Å²) in [4.78, 5) is 27.6. The fourth-order valence-electron chi connectivity index (χ4n) is 2.97. The van der Waals surface area contributed by atoms with E-state index in [2.05, 4.69) is 19.9 Å². The van der Waals surface area contributed by atoms with Crippen molar-refractivity contribution < 1.29 is 14.3 Å². The highest BCUT2D eigenvalue weighted by molar-refractivity contribution is 7.13. The van der Waals surface area contributed by atoms with E-state index in [4.69, 9.17) is 15.2 Å². The van der Waals surface area contributed by atoms with Crippen molar-refractivity contribution in [3.05, 3.63) is 78.1 Å². The molecular formula is C22H15N5O3S. The number of carbonyl (C=O) groups is 1. The lowest BCUT2D eigenvalue weighted by Gasteiger charge is -2.12. The van der Waals surface area contributed by atoms with Crippen LogP contribution in [-0.4, -0.2) is 25.8 Å². The van der Waals surface area contributed by atoms with Crippen molar-refractivity contribution in [1.29, 1.82) is 0 Å². The van der Waals surface area contributed by atoms with Gasteiger partial charge in [0.2, 0.25) is 5.91 Å². The molecule has 5 rings (SSSR count). The van der Waals surface area contributed by atoms with Gasteiger partial charge in [-0.25, -0.2) is 9.97 Å². The highest BCUT2D eigenvalue weighted by Crippen LogP contribution is 2.38. The number of imidazole rings is 1. The van der Waals surface area contributed by atoms with Crippen molar-refractivity contribution in [2.45, 2.75) is 0 Å². The number of ether oxygens (including phenoxy) is 2. The Morgan fingerprint density at radius 2 is 1.81 bits per heavy atom. The first-order valence-electron chi connectivity index (χ1n) is 9.25. The minimum absolute atomic E-state index is 0.398. The predicted molar refractivity (Wildman–Crippen MR) is 117 cm³/mol. The lowest BCUT2D eigenvalue weighted by molar-refractivity contribution is 0.100. The number of amides is 1. The number of thiazole rings is 1. The maximum Gasteiger partial charge on any atom is 0.248 e. The maximum absolute atomic E-state index is 11.3. The number of carbonyl (C=O) groups excluding carboxylic acids is 1. The van der Waals surface area contributed by atoms with E-state index < -0.39 is 5.91 Å². The molecule has 0 spiro atoms. The number of hydrogen-bond acceptors (Lipinski definition) is 7. The van der Waals surface area contributed by atoms with Crippen LogP contribution in [0.3, 0.4) is 0 Å². The fourth-order valence-corrected chi connectivity index (χ4v) is 3.55. The number of hydrogen-bond donors (Lipinski definition) is 2. The molecule has 3 heterocycles. The Labute approximate surface area is 180 Å². The van der Waals surface area contributed by atoms with Crippen LogP contribution in [0.4, 0.5) is 0 Å². The summed E-state index contributed by atoms with van der Waals surface area (Å²) in [7, 11) is 0. The second-order valence-electron chi connectivity index (χ2n) is 6.52. The molecule has 0 saturated heterocycles. The van der Waals surface area contributed by atoms with Gasteiger partial charge in [0.1, 0.15) is 11.5 Å². The van der Waals surface area contributed by atoms with Crippen LogP contribution in [0.25, 0.3) is 21.9 Å². The van der Waals surface area contributed by atoms with Gasteiger partial charge in [0, 0.05) is 35.5 Å². The van der Waals surface area contributed by atoms with E-state index in [9.17, 15) is 4.79 Å². The van der Waals surface area contributed by atoms with Gasteiger partial charge in [-0.1, -0.05) is 0 Å². The molecule has 2 aromatic carbocycles. The van der Waals surface area contributed by atoms with Crippen LogP contribution in [0.2, 0.25) is 0 Å². The smallest absolute Gasteiger partial charge is 0.248 e. The van der Waals surface area contributed by atoms with Crippen LogP contribution >= 0.6 is 11.3 Å². The van der Waals surface area contributed by atoms with Crippen molar-refractivity contribution in [2.75, 3.05) is 0 Å². The monoisotopic (exact) mass is 429 g/mol. The number of benzene rings is 2. The molecule has 5 aromatic rings. The fraction of sp³-hybridized carbons (Fsp3) is 0. The largest absolute Gasteiger partial charge is 0.453 e. The van der Waals surface area contributed by atoms with Crippen molar-refractivity contribution in [1.82, 2.24) is 19.9 Å². The molecule has 1 amide bonds. The minimum atomic E-state index is -0.500. The molecule has 0 aliphatic rings. The Balaban J connectivity index is 1.56. The molecule has 8 nitrogen and oxygen atoms in total. The van der Waals surface area contributed by atoms with E-state index in [-0.39, 0.29) is 0 Å². The number of nitrogens with one attached hydrogen (secondary N) is 1. The van der Waals surface area contributed by atoms with Crippen LogP contribution < -0.4 is 15.2 Å².